The van der Waals surface area contributed by atoms with Gasteiger partial charge in [-0.3, -0.25) is 0 Å². The standard InChI is InChI=1S/C26H21N/c1-17-8-9-20(14-18(17)2)23-12-10-21(15-19(23)3)25-13-11-22(16-27)24-6-4-5-7-26(24)25/h4-15H,1-3H3. The summed E-state index contributed by atoms with van der Waals surface area (Å²) >= 11 is 0. The lowest BCUT2D eigenvalue weighted by Gasteiger charge is -2.13. The van der Waals surface area contributed by atoms with Crippen LogP contribution in [0.5, 0.6) is 0 Å². The summed E-state index contributed by atoms with van der Waals surface area (Å²) in [4.78, 5) is 0. The summed E-state index contributed by atoms with van der Waals surface area (Å²) in [6, 6.07) is 27.7. The van der Waals surface area contributed by atoms with Crippen LogP contribution in [0.25, 0.3) is 33.0 Å². The van der Waals surface area contributed by atoms with Crippen molar-refractivity contribution in [3.63, 3.8) is 0 Å². The highest BCUT2D eigenvalue weighted by Crippen LogP contribution is 2.34. The van der Waals surface area contributed by atoms with E-state index in [1.807, 2.05) is 24.3 Å². The van der Waals surface area contributed by atoms with E-state index < -0.39 is 0 Å². The third kappa shape index (κ3) is 3.00. The summed E-state index contributed by atoms with van der Waals surface area (Å²) in [5, 5.41) is 11.5. The smallest absolute Gasteiger partial charge is 0.0998 e. The van der Waals surface area contributed by atoms with Crippen molar-refractivity contribution in [1.82, 2.24) is 0 Å². The first-order chi connectivity index (χ1) is 13.1. The fraction of sp³-hybridized carbons (Fsp3) is 0.115. The van der Waals surface area contributed by atoms with Gasteiger partial charge in [0.05, 0.1) is 11.6 Å². The summed E-state index contributed by atoms with van der Waals surface area (Å²) in [5.41, 5.74) is 9.47. The zero-order valence-corrected chi connectivity index (χ0v) is 15.9. The third-order valence-electron chi connectivity index (χ3n) is 5.40. The van der Waals surface area contributed by atoms with E-state index in [0.29, 0.717) is 0 Å². The normalized spacial score (nSPS) is 10.7. The Morgan fingerprint density at radius 2 is 1.22 bits per heavy atom. The van der Waals surface area contributed by atoms with Gasteiger partial charge in [0, 0.05) is 5.39 Å². The molecular weight excluding hydrogens is 326 g/mol. The van der Waals surface area contributed by atoms with Gasteiger partial charge >= 0.3 is 0 Å². The molecule has 0 saturated heterocycles. The van der Waals surface area contributed by atoms with E-state index in [-0.39, 0.29) is 0 Å². The first-order valence-corrected chi connectivity index (χ1v) is 9.19. The van der Waals surface area contributed by atoms with Crippen molar-refractivity contribution in [2.45, 2.75) is 20.8 Å². The maximum Gasteiger partial charge on any atom is 0.0998 e. The molecule has 0 aromatic heterocycles. The number of fused-ring (bicyclic) bond motifs is 1. The third-order valence-corrected chi connectivity index (χ3v) is 5.40. The molecule has 0 saturated carbocycles. The van der Waals surface area contributed by atoms with Crippen LogP contribution in [0.2, 0.25) is 0 Å². The Bertz CT molecular complexity index is 1210. The van der Waals surface area contributed by atoms with Gasteiger partial charge in [0.15, 0.2) is 0 Å². The molecule has 0 radical (unpaired) electrons. The summed E-state index contributed by atoms with van der Waals surface area (Å²) in [6.45, 7) is 6.47. The van der Waals surface area contributed by atoms with Crippen LogP contribution in [0.4, 0.5) is 0 Å². The van der Waals surface area contributed by atoms with Crippen molar-refractivity contribution in [2.24, 2.45) is 0 Å². The highest BCUT2D eigenvalue weighted by Gasteiger charge is 2.10. The molecule has 1 nitrogen and oxygen atoms in total. The Balaban J connectivity index is 1.85. The topological polar surface area (TPSA) is 23.8 Å². The second-order valence-corrected chi connectivity index (χ2v) is 7.15. The maximum atomic E-state index is 9.40. The van der Waals surface area contributed by atoms with Crippen LogP contribution in [0, 0.1) is 32.1 Å². The second kappa shape index (κ2) is 6.74. The van der Waals surface area contributed by atoms with E-state index in [1.54, 1.807) is 0 Å². The molecule has 4 aromatic carbocycles. The first kappa shape index (κ1) is 17.1. The Morgan fingerprint density at radius 3 is 1.93 bits per heavy atom. The monoisotopic (exact) mass is 347 g/mol. The average molecular weight is 347 g/mol. The molecule has 0 aliphatic carbocycles. The lowest BCUT2D eigenvalue weighted by molar-refractivity contribution is 1.33. The van der Waals surface area contributed by atoms with Crippen LogP contribution >= 0.6 is 0 Å². The summed E-state index contributed by atoms with van der Waals surface area (Å²) in [6.07, 6.45) is 0. The van der Waals surface area contributed by atoms with Gasteiger partial charge in [-0.1, -0.05) is 66.7 Å². The number of benzene rings is 4. The van der Waals surface area contributed by atoms with Crippen molar-refractivity contribution in [3.8, 4) is 28.3 Å². The van der Waals surface area contributed by atoms with E-state index in [0.717, 1.165) is 16.3 Å². The van der Waals surface area contributed by atoms with Gasteiger partial charge in [-0.15, -0.1) is 0 Å². The maximum absolute atomic E-state index is 9.40. The number of hydrogen-bond donors (Lipinski definition) is 0. The fourth-order valence-electron chi connectivity index (χ4n) is 3.71. The van der Waals surface area contributed by atoms with E-state index >= 15 is 0 Å². The number of nitriles is 1. The van der Waals surface area contributed by atoms with E-state index in [4.69, 9.17) is 0 Å². The van der Waals surface area contributed by atoms with Gasteiger partial charge in [0.2, 0.25) is 0 Å². The van der Waals surface area contributed by atoms with Crippen LogP contribution in [0.3, 0.4) is 0 Å². The van der Waals surface area contributed by atoms with Crippen molar-refractivity contribution in [1.29, 1.82) is 5.26 Å². The molecule has 27 heavy (non-hydrogen) atoms. The van der Waals surface area contributed by atoms with Gasteiger partial charge in [0.1, 0.15) is 0 Å². The number of nitrogens with zero attached hydrogens (tertiary/aromatic N) is 1. The van der Waals surface area contributed by atoms with E-state index in [1.165, 1.54) is 38.9 Å². The SMILES string of the molecule is Cc1ccc(-c2ccc(-c3ccc(C#N)c4ccccc34)cc2C)cc1C. The molecular formula is C26H21N. The molecule has 130 valence electrons. The van der Waals surface area contributed by atoms with Crippen LogP contribution in [0.1, 0.15) is 22.3 Å². The van der Waals surface area contributed by atoms with Gasteiger partial charge in [-0.25, -0.2) is 0 Å². The molecule has 0 N–H and O–H groups in total. The molecule has 0 amide bonds. The van der Waals surface area contributed by atoms with E-state index in [2.05, 4.69) is 75.4 Å². The first-order valence-electron chi connectivity index (χ1n) is 9.19. The highest BCUT2D eigenvalue weighted by atomic mass is 14.2. The van der Waals surface area contributed by atoms with Gasteiger partial charge in [-0.05, 0) is 71.2 Å². The second-order valence-electron chi connectivity index (χ2n) is 7.15. The van der Waals surface area contributed by atoms with E-state index in [9.17, 15) is 5.26 Å². The summed E-state index contributed by atoms with van der Waals surface area (Å²) in [7, 11) is 0. The predicted octanol–water partition coefficient (Wildman–Crippen LogP) is 6.97. The molecule has 4 rings (SSSR count). The minimum absolute atomic E-state index is 0.720. The predicted molar refractivity (Wildman–Crippen MR) is 114 cm³/mol. The van der Waals surface area contributed by atoms with Crippen LogP contribution in [0.15, 0.2) is 72.8 Å². The number of hydrogen-bond acceptors (Lipinski definition) is 1. The molecule has 1 heteroatoms. The van der Waals surface area contributed by atoms with Crippen molar-refractivity contribution >= 4 is 10.8 Å². The molecule has 0 fully saturated rings. The molecule has 0 bridgehead atoms. The molecule has 4 aromatic rings. The summed E-state index contributed by atoms with van der Waals surface area (Å²) in [5.74, 6) is 0. The number of rotatable bonds is 2. The lowest BCUT2D eigenvalue weighted by atomic mass is 9.91. The molecule has 0 aliphatic heterocycles. The Labute approximate surface area is 160 Å². The van der Waals surface area contributed by atoms with Gasteiger partial charge < -0.3 is 0 Å². The zero-order valence-electron chi connectivity index (χ0n) is 15.9. The highest BCUT2D eigenvalue weighted by molar-refractivity contribution is 6.00. The van der Waals surface area contributed by atoms with Crippen molar-refractivity contribution in [2.75, 3.05) is 0 Å². The minimum Gasteiger partial charge on any atom is -0.192 e. The zero-order chi connectivity index (χ0) is 19.0. The Kier molecular flexibility index (Phi) is 4.26. The lowest BCUT2D eigenvalue weighted by Crippen LogP contribution is -1.89. The largest absolute Gasteiger partial charge is 0.192 e. The Hall–Kier alpha value is -3.37. The average Bonchev–Trinajstić information content (AvgIpc) is 2.69. The molecule has 0 spiro atoms. The quantitative estimate of drug-likeness (QED) is 0.384. The molecule has 0 aliphatic rings. The fourth-order valence-corrected chi connectivity index (χ4v) is 3.71. The molecule has 0 atom stereocenters. The molecule has 0 heterocycles. The summed E-state index contributed by atoms with van der Waals surface area (Å²) < 4.78 is 0. The van der Waals surface area contributed by atoms with Crippen molar-refractivity contribution < 1.29 is 0 Å². The number of aryl methyl sites for hydroxylation is 3. The molecule has 0 unspecified atom stereocenters. The van der Waals surface area contributed by atoms with Crippen LogP contribution < -0.4 is 0 Å². The van der Waals surface area contributed by atoms with Crippen LogP contribution in [-0.2, 0) is 0 Å². The van der Waals surface area contributed by atoms with Crippen LogP contribution in [-0.4, -0.2) is 0 Å². The van der Waals surface area contributed by atoms with Crippen molar-refractivity contribution in [3.05, 3.63) is 95.1 Å². The van der Waals surface area contributed by atoms with Gasteiger partial charge in [-0.2, -0.15) is 5.26 Å². The van der Waals surface area contributed by atoms with Gasteiger partial charge in [0.25, 0.3) is 0 Å². The minimum atomic E-state index is 0.720. The Morgan fingerprint density at radius 1 is 0.593 bits per heavy atom.